The number of nitrogens with one attached hydrogen (secondary N) is 1. The van der Waals surface area contributed by atoms with Crippen molar-refractivity contribution in [2.75, 3.05) is 7.11 Å². The van der Waals surface area contributed by atoms with Gasteiger partial charge in [-0.15, -0.1) is 12.4 Å². The molecule has 0 aliphatic rings. The molecule has 1 aromatic heterocycles. The van der Waals surface area contributed by atoms with Gasteiger partial charge in [-0.2, -0.15) is 18.3 Å². The first kappa shape index (κ1) is 18.3. The second kappa shape index (κ2) is 8.05. The Kier molecular flexibility index (Phi) is 6.70. The van der Waals surface area contributed by atoms with Gasteiger partial charge in [0.2, 0.25) is 0 Å². The van der Waals surface area contributed by atoms with Crippen LogP contribution in [0.25, 0.3) is 0 Å². The number of halogens is 4. The third kappa shape index (κ3) is 5.95. The van der Waals surface area contributed by atoms with Gasteiger partial charge in [-0.1, -0.05) is 12.1 Å². The van der Waals surface area contributed by atoms with Crippen LogP contribution in [0.5, 0.6) is 5.75 Å². The normalized spacial score (nSPS) is 11.1. The Hall–Kier alpha value is -1.73. The van der Waals surface area contributed by atoms with Gasteiger partial charge in [0.25, 0.3) is 0 Å². The van der Waals surface area contributed by atoms with Gasteiger partial charge in [0.15, 0.2) is 0 Å². The van der Waals surface area contributed by atoms with Crippen molar-refractivity contribution in [1.29, 1.82) is 0 Å². The summed E-state index contributed by atoms with van der Waals surface area (Å²) < 4.78 is 42.6. The minimum atomic E-state index is -4.25. The Bertz CT molecular complexity index is 569. The molecule has 1 N–H and O–H groups in total. The van der Waals surface area contributed by atoms with Crippen molar-refractivity contribution >= 4 is 12.4 Å². The number of alkyl halides is 3. The molecule has 2 aromatic rings. The molecule has 0 saturated heterocycles. The minimum Gasteiger partial charge on any atom is -0.497 e. The highest BCUT2D eigenvalue weighted by Gasteiger charge is 2.28. The average Bonchev–Trinajstić information content (AvgIpc) is 2.85. The maximum absolute atomic E-state index is 12.2. The fourth-order valence-corrected chi connectivity index (χ4v) is 1.86. The van der Waals surface area contributed by atoms with Gasteiger partial charge < -0.3 is 10.1 Å². The number of methoxy groups -OCH3 is 1. The molecule has 2 rings (SSSR count). The summed E-state index contributed by atoms with van der Waals surface area (Å²) in [5, 5.41) is 6.85. The lowest BCUT2D eigenvalue weighted by molar-refractivity contribution is -0.142. The highest BCUT2D eigenvalue weighted by molar-refractivity contribution is 5.85. The largest absolute Gasteiger partial charge is 0.497 e. The first-order valence-electron chi connectivity index (χ1n) is 6.38. The highest BCUT2D eigenvalue weighted by Crippen LogP contribution is 2.17. The molecule has 0 spiro atoms. The molecule has 0 aliphatic heterocycles. The second-order valence-corrected chi connectivity index (χ2v) is 4.61. The van der Waals surface area contributed by atoms with E-state index in [4.69, 9.17) is 4.74 Å². The number of rotatable bonds is 6. The van der Waals surface area contributed by atoms with Crippen LogP contribution in [0.3, 0.4) is 0 Å². The van der Waals surface area contributed by atoms with Crippen molar-refractivity contribution in [3.05, 3.63) is 47.8 Å². The van der Waals surface area contributed by atoms with Crippen LogP contribution in [-0.4, -0.2) is 23.1 Å². The van der Waals surface area contributed by atoms with Crippen LogP contribution in [0.15, 0.2) is 36.7 Å². The molecule has 0 aliphatic carbocycles. The zero-order valence-corrected chi connectivity index (χ0v) is 12.7. The third-order valence-electron chi connectivity index (χ3n) is 2.85. The van der Waals surface area contributed by atoms with Gasteiger partial charge in [0.1, 0.15) is 12.3 Å². The van der Waals surface area contributed by atoms with Gasteiger partial charge in [-0.05, 0) is 17.7 Å². The Balaban J connectivity index is 0.00000242. The quantitative estimate of drug-likeness (QED) is 0.881. The molecule has 0 bridgehead atoms. The fraction of sp³-hybridized carbons (Fsp3) is 0.357. The maximum Gasteiger partial charge on any atom is 0.408 e. The summed E-state index contributed by atoms with van der Waals surface area (Å²) in [4.78, 5) is 0. The van der Waals surface area contributed by atoms with Crippen LogP contribution in [0.2, 0.25) is 0 Å². The maximum atomic E-state index is 12.2. The molecule has 0 amide bonds. The summed E-state index contributed by atoms with van der Waals surface area (Å²) in [7, 11) is 1.60. The van der Waals surface area contributed by atoms with E-state index in [2.05, 4.69) is 10.4 Å². The van der Waals surface area contributed by atoms with E-state index >= 15 is 0 Å². The van der Waals surface area contributed by atoms with E-state index in [-0.39, 0.29) is 12.4 Å². The average molecular weight is 336 g/mol. The molecule has 22 heavy (non-hydrogen) atoms. The molecule has 1 heterocycles. The lowest BCUT2D eigenvalue weighted by atomic mass is 10.2. The SMILES string of the molecule is COc1ccc(CNCc2cnn(CC(F)(F)F)c2)cc1.Cl. The van der Waals surface area contributed by atoms with Gasteiger partial charge >= 0.3 is 6.18 Å². The lowest BCUT2D eigenvalue weighted by Gasteiger charge is -2.06. The van der Waals surface area contributed by atoms with Crippen LogP contribution in [0.1, 0.15) is 11.1 Å². The van der Waals surface area contributed by atoms with E-state index in [9.17, 15) is 13.2 Å². The second-order valence-electron chi connectivity index (χ2n) is 4.61. The van der Waals surface area contributed by atoms with E-state index in [1.165, 1.54) is 12.4 Å². The number of ether oxygens (including phenoxy) is 1. The van der Waals surface area contributed by atoms with E-state index in [1.54, 1.807) is 7.11 Å². The predicted molar refractivity (Wildman–Crippen MR) is 79.1 cm³/mol. The van der Waals surface area contributed by atoms with Crippen molar-refractivity contribution in [2.45, 2.75) is 25.8 Å². The lowest BCUT2D eigenvalue weighted by Crippen LogP contribution is -2.18. The molecule has 8 heteroatoms. The molecular weight excluding hydrogens is 319 g/mol. The van der Waals surface area contributed by atoms with Gasteiger partial charge in [-0.25, -0.2) is 0 Å². The van der Waals surface area contributed by atoms with E-state index in [1.807, 2.05) is 24.3 Å². The van der Waals surface area contributed by atoms with Crippen molar-refractivity contribution in [2.24, 2.45) is 0 Å². The number of aromatic nitrogens is 2. The fourth-order valence-electron chi connectivity index (χ4n) is 1.86. The molecule has 0 fully saturated rings. The highest BCUT2D eigenvalue weighted by atomic mass is 35.5. The first-order chi connectivity index (χ1) is 9.96. The minimum absolute atomic E-state index is 0. The number of hydrogen-bond acceptors (Lipinski definition) is 3. The third-order valence-corrected chi connectivity index (χ3v) is 2.85. The summed E-state index contributed by atoms with van der Waals surface area (Å²) >= 11 is 0. The molecule has 122 valence electrons. The number of benzene rings is 1. The Morgan fingerprint density at radius 2 is 1.77 bits per heavy atom. The summed E-state index contributed by atoms with van der Waals surface area (Å²) in [6.07, 6.45) is -1.42. The van der Waals surface area contributed by atoms with E-state index in [0.717, 1.165) is 16.0 Å². The molecule has 0 unspecified atom stereocenters. The molecular formula is C14H17ClF3N3O. The molecule has 4 nitrogen and oxygen atoms in total. The van der Waals surface area contributed by atoms with Gasteiger partial charge in [0.05, 0.1) is 13.3 Å². The summed E-state index contributed by atoms with van der Waals surface area (Å²) in [5.74, 6) is 0.784. The van der Waals surface area contributed by atoms with Crippen LogP contribution in [0.4, 0.5) is 13.2 Å². The topological polar surface area (TPSA) is 39.1 Å². The summed E-state index contributed by atoms with van der Waals surface area (Å²) in [5.41, 5.74) is 1.78. The van der Waals surface area contributed by atoms with Crippen molar-refractivity contribution in [3.63, 3.8) is 0 Å². The smallest absolute Gasteiger partial charge is 0.408 e. The standard InChI is InChI=1S/C14H16F3N3O.ClH/c1-21-13-4-2-11(3-5-13)6-18-7-12-8-19-20(9-12)10-14(15,16)17;/h2-5,8-9,18H,6-7,10H2,1H3;1H. The van der Waals surface area contributed by atoms with E-state index in [0.29, 0.717) is 18.7 Å². The molecule has 1 aromatic carbocycles. The Labute approximate surface area is 132 Å². The molecule has 0 radical (unpaired) electrons. The van der Waals surface area contributed by atoms with Crippen LogP contribution in [-0.2, 0) is 19.6 Å². The van der Waals surface area contributed by atoms with Crippen LogP contribution < -0.4 is 10.1 Å². The number of hydrogen-bond donors (Lipinski definition) is 1. The first-order valence-corrected chi connectivity index (χ1v) is 6.38. The number of nitrogens with zero attached hydrogens (tertiary/aromatic N) is 2. The Morgan fingerprint density at radius 3 is 2.36 bits per heavy atom. The zero-order chi connectivity index (χ0) is 15.3. The van der Waals surface area contributed by atoms with Crippen molar-refractivity contribution in [3.8, 4) is 5.75 Å². The molecule has 0 atom stereocenters. The van der Waals surface area contributed by atoms with Gasteiger partial charge in [0, 0.05) is 24.8 Å². The predicted octanol–water partition coefficient (Wildman–Crippen LogP) is 3.17. The van der Waals surface area contributed by atoms with Crippen LogP contribution >= 0.6 is 12.4 Å². The van der Waals surface area contributed by atoms with Crippen molar-refractivity contribution < 1.29 is 17.9 Å². The zero-order valence-electron chi connectivity index (χ0n) is 11.9. The van der Waals surface area contributed by atoms with Gasteiger partial charge in [-0.3, -0.25) is 4.68 Å². The van der Waals surface area contributed by atoms with Crippen molar-refractivity contribution in [1.82, 2.24) is 15.1 Å². The summed E-state index contributed by atoms with van der Waals surface area (Å²) in [6.45, 7) is 0.0177. The summed E-state index contributed by atoms with van der Waals surface area (Å²) in [6, 6.07) is 7.58. The van der Waals surface area contributed by atoms with Crippen LogP contribution in [0, 0.1) is 0 Å². The monoisotopic (exact) mass is 335 g/mol. The molecule has 0 saturated carbocycles. The van der Waals surface area contributed by atoms with E-state index < -0.39 is 12.7 Å². The Morgan fingerprint density at radius 1 is 1.14 bits per heavy atom.